The minimum atomic E-state index is -4.15. The van der Waals surface area contributed by atoms with Gasteiger partial charge in [-0.25, -0.2) is 18.4 Å². The first-order valence-corrected chi connectivity index (χ1v) is 14.6. The maximum absolute atomic E-state index is 13.6. The van der Waals surface area contributed by atoms with Crippen LogP contribution in [-0.4, -0.2) is 45.6 Å². The number of para-hydroxylation sites is 2. The lowest BCUT2D eigenvalue weighted by atomic mass is 10.1. The first-order valence-electron chi connectivity index (χ1n) is 13.1. The van der Waals surface area contributed by atoms with Crippen molar-refractivity contribution in [1.29, 1.82) is 0 Å². The van der Waals surface area contributed by atoms with Crippen molar-refractivity contribution in [2.45, 2.75) is 11.3 Å². The van der Waals surface area contributed by atoms with E-state index < -0.39 is 10.0 Å². The van der Waals surface area contributed by atoms with Gasteiger partial charge in [0.15, 0.2) is 11.6 Å². The Morgan fingerprint density at radius 1 is 0.698 bits per heavy atom. The number of aromatic nitrogens is 2. The number of benzene rings is 4. The Hall–Kier alpha value is -5.36. The maximum atomic E-state index is 13.6. The number of fused-ring (bicyclic) bond motifs is 1. The third-order valence-corrected chi connectivity index (χ3v) is 7.70. The molecule has 11 nitrogen and oxygen atoms in total. The van der Waals surface area contributed by atoms with Gasteiger partial charge in [0, 0.05) is 29.6 Å². The van der Waals surface area contributed by atoms with E-state index in [4.69, 9.17) is 14.2 Å². The molecule has 0 aliphatic carbocycles. The molecule has 43 heavy (non-hydrogen) atoms. The SMILES string of the molecule is COc1ccc(CC(=O)Nc2cccc(S(=O)(=O)Nc3nc4ccccc4nc3Nc3cc(OC)cc(OC)c3)c2)cc1. The van der Waals surface area contributed by atoms with Crippen molar-refractivity contribution in [2.24, 2.45) is 0 Å². The Kier molecular flexibility index (Phi) is 8.58. The van der Waals surface area contributed by atoms with Gasteiger partial charge >= 0.3 is 0 Å². The van der Waals surface area contributed by atoms with Crippen LogP contribution in [0, 0.1) is 0 Å². The van der Waals surface area contributed by atoms with Crippen LogP contribution in [0.15, 0.2) is 95.9 Å². The number of sulfonamides is 1. The van der Waals surface area contributed by atoms with Gasteiger partial charge in [-0.15, -0.1) is 0 Å². The van der Waals surface area contributed by atoms with Crippen molar-refractivity contribution in [3.8, 4) is 17.2 Å². The lowest BCUT2D eigenvalue weighted by Gasteiger charge is -2.15. The molecule has 220 valence electrons. The third kappa shape index (κ3) is 7.11. The highest BCUT2D eigenvalue weighted by Gasteiger charge is 2.20. The number of hydrogen-bond acceptors (Lipinski definition) is 9. The smallest absolute Gasteiger partial charge is 0.263 e. The van der Waals surface area contributed by atoms with E-state index in [1.54, 1.807) is 79.9 Å². The molecule has 0 aliphatic rings. The van der Waals surface area contributed by atoms with E-state index in [0.717, 1.165) is 5.56 Å². The molecule has 0 radical (unpaired) electrons. The molecule has 4 aromatic carbocycles. The zero-order valence-electron chi connectivity index (χ0n) is 23.6. The fourth-order valence-corrected chi connectivity index (χ4v) is 5.29. The molecule has 0 atom stereocenters. The molecule has 0 spiro atoms. The summed E-state index contributed by atoms with van der Waals surface area (Å²) in [6.45, 7) is 0. The molecule has 1 aromatic heterocycles. The van der Waals surface area contributed by atoms with Crippen LogP contribution in [-0.2, 0) is 21.2 Å². The van der Waals surface area contributed by atoms with Gasteiger partial charge in [-0.05, 0) is 48.0 Å². The average molecular weight is 600 g/mol. The van der Waals surface area contributed by atoms with Crippen LogP contribution in [0.1, 0.15) is 5.56 Å². The predicted molar refractivity (Wildman–Crippen MR) is 165 cm³/mol. The lowest BCUT2D eigenvalue weighted by Crippen LogP contribution is -2.17. The summed E-state index contributed by atoms with van der Waals surface area (Å²) < 4.78 is 45.5. The number of ether oxygens (including phenoxy) is 3. The topological polar surface area (TPSA) is 141 Å². The van der Waals surface area contributed by atoms with Crippen LogP contribution in [0.4, 0.5) is 23.0 Å². The highest BCUT2D eigenvalue weighted by Crippen LogP contribution is 2.31. The number of methoxy groups -OCH3 is 3. The standard InChI is InChI=1S/C31H29N5O6S/c1-40-23-13-11-20(12-14-23)15-29(37)32-21-7-6-8-26(18-21)43(38,39)36-31-30(34-27-9-4-5-10-28(27)35-31)33-22-16-24(41-2)19-25(17-22)42-3/h4-14,16-19H,15H2,1-3H3,(H,32,37)(H,33,34)(H,35,36). The number of nitrogens with one attached hydrogen (secondary N) is 3. The van der Waals surface area contributed by atoms with Crippen LogP contribution in [0.2, 0.25) is 0 Å². The minimum absolute atomic E-state index is 0.0190. The molecule has 0 saturated heterocycles. The monoisotopic (exact) mass is 599 g/mol. The molecule has 0 fully saturated rings. The molecule has 5 rings (SSSR count). The summed E-state index contributed by atoms with van der Waals surface area (Å²) in [5.74, 6) is 1.60. The highest BCUT2D eigenvalue weighted by atomic mass is 32.2. The molecule has 12 heteroatoms. The zero-order valence-corrected chi connectivity index (χ0v) is 24.4. The second-order valence-corrected chi connectivity index (χ2v) is 11.0. The Labute approximate surface area is 248 Å². The van der Waals surface area contributed by atoms with Gasteiger partial charge in [-0.1, -0.05) is 30.3 Å². The van der Waals surface area contributed by atoms with Gasteiger partial charge in [-0.2, -0.15) is 0 Å². The van der Waals surface area contributed by atoms with E-state index in [-0.39, 0.29) is 28.9 Å². The Bertz CT molecular complexity index is 1860. The van der Waals surface area contributed by atoms with Crippen LogP contribution in [0.5, 0.6) is 17.2 Å². The predicted octanol–water partition coefficient (Wildman–Crippen LogP) is 5.38. The molecule has 5 aromatic rings. The first kappa shape index (κ1) is 29.1. The highest BCUT2D eigenvalue weighted by molar-refractivity contribution is 7.92. The number of hydrogen-bond donors (Lipinski definition) is 3. The van der Waals surface area contributed by atoms with E-state index >= 15 is 0 Å². The summed E-state index contributed by atoms with van der Waals surface area (Å²) in [4.78, 5) is 21.8. The van der Waals surface area contributed by atoms with Crippen molar-refractivity contribution < 1.29 is 27.4 Å². The summed E-state index contributed by atoms with van der Waals surface area (Å²) in [6, 6.07) is 25.3. The van der Waals surface area contributed by atoms with E-state index in [1.807, 2.05) is 6.07 Å². The van der Waals surface area contributed by atoms with Gasteiger partial charge in [0.05, 0.1) is 43.7 Å². The lowest BCUT2D eigenvalue weighted by molar-refractivity contribution is -0.115. The second kappa shape index (κ2) is 12.7. The molecule has 0 bridgehead atoms. The van der Waals surface area contributed by atoms with Gasteiger partial charge < -0.3 is 24.8 Å². The maximum Gasteiger partial charge on any atom is 0.263 e. The fourth-order valence-electron chi connectivity index (χ4n) is 4.24. The Balaban J connectivity index is 1.41. The van der Waals surface area contributed by atoms with Crippen LogP contribution in [0.25, 0.3) is 11.0 Å². The van der Waals surface area contributed by atoms with Crippen molar-refractivity contribution in [3.63, 3.8) is 0 Å². The van der Waals surface area contributed by atoms with E-state index in [9.17, 15) is 13.2 Å². The quantitative estimate of drug-likeness (QED) is 0.182. The van der Waals surface area contributed by atoms with E-state index in [0.29, 0.717) is 39.7 Å². The fraction of sp³-hybridized carbons (Fsp3) is 0.129. The Morgan fingerprint density at radius 2 is 1.33 bits per heavy atom. The summed E-state index contributed by atoms with van der Waals surface area (Å²) in [5, 5.41) is 5.89. The van der Waals surface area contributed by atoms with Crippen molar-refractivity contribution in [2.75, 3.05) is 36.7 Å². The summed E-state index contributed by atoms with van der Waals surface area (Å²) in [5.41, 5.74) is 2.71. The van der Waals surface area contributed by atoms with Crippen LogP contribution in [0.3, 0.4) is 0 Å². The van der Waals surface area contributed by atoms with Gasteiger partial charge in [0.2, 0.25) is 5.91 Å². The summed E-state index contributed by atoms with van der Waals surface area (Å²) in [6.07, 6.45) is 0.107. The molecular formula is C31H29N5O6S. The van der Waals surface area contributed by atoms with E-state index in [2.05, 4.69) is 25.3 Å². The van der Waals surface area contributed by atoms with Gasteiger partial charge in [-0.3, -0.25) is 9.52 Å². The number of rotatable bonds is 11. The molecule has 0 aliphatic heterocycles. The first-order chi connectivity index (χ1) is 20.8. The summed E-state index contributed by atoms with van der Waals surface area (Å²) in [7, 11) is 0.477. The minimum Gasteiger partial charge on any atom is -0.497 e. The zero-order chi connectivity index (χ0) is 30.4. The number of carbonyl (C=O) groups is 1. The van der Waals surface area contributed by atoms with Gasteiger partial charge in [0.1, 0.15) is 17.2 Å². The normalized spacial score (nSPS) is 11.0. The second-order valence-electron chi connectivity index (χ2n) is 9.34. The number of amides is 1. The summed E-state index contributed by atoms with van der Waals surface area (Å²) >= 11 is 0. The molecule has 1 amide bonds. The number of anilines is 4. The average Bonchev–Trinajstić information content (AvgIpc) is 3.01. The van der Waals surface area contributed by atoms with E-state index in [1.165, 1.54) is 26.4 Å². The van der Waals surface area contributed by atoms with Gasteiger partial charge in [0.25, 0.3) is 10.0 Å². The molecule has 0 saturated carbocycles. The third-order valence-electron chi connectivity index (χ3n) is 6.37. The van der Waals surface area contributed by atoms with Crippen LogP contribution >= 0.6 is 0 Å². The number of carbonyl (C=O) groups excluding carboxylic acids is 1. The number of nitrogens with zero attached hydrogens (tertiary/aromatic N) is 2. The van der Waals surface area contributed by atoms with Crippen molar-refractivity contribution in [1.82, 2.24) is 9.97 Å². The van der Waals surface area contributed by atoms with Crippen LogP contribution < -0.4 is 29.6 Å². The van der Waals surface area contributed by atoms with Crippen molar-refractivity contribution in [3.05, 3.63) is 96.6 Å². The molecule has 1 heterocycles. The molecule has 0 unspecified atom stereocenters. The largest absolute Gasteiger partial charge is 0.497 e. The molecule has 3 N–H and O–H groups in total. The van der Waals surface area contributed by atoms with Crippen molar-refractivity contribution >= 4 is 50.0 Å². The molecular weight excluding hydrogens is 570 g/mol. The Morgan fingerprint density at radius 3 is 1.95 bits per heavy atom.